The van der Waals surface area contributed by atoms with Crippen LogP contribution in [0.4, 0.5) is 0 Å². The SMILES string of the molecule is NC(=NCCC(=O)N1CCCC1)N1CCOCC1. The normalized spacial score (nSPS) is 21.4. The summed E-state index contributed by atoms with van der Waals surface area (Å²) in [6, 6.07) is 0. The van der Waals surface area contributed by atoms with Crippen molar-refractivity contribution in [3.63, 3.8) is 0 Å². The molecule has 6 heteroatoms. The molecule has 0 aromatic heterocycles. The van der Waals surface area contributed by atoms with Crippen molar-refractivity contribution in [2.24, 2.45) is 10.7 Å². The Kier molecular flexibility index (Phi) is 4.81. The molecule has 6 nitrogen and oxygen atoms in total. The molecule has 0 saturated carbocycles. The van der Waals surface area contributed by atoms with Crippen molar-refractivity contribution < 1.29 is 9.53 Å². The fraction of sp³-hybridized carbons (Fsp3) is 0.833. The number of ether oxygens (including phenoxy) is 1. The Labute approximate surface area is 108 Å². The second kappa shape index (κ2) is 6.58. The molecule has 1 amide bonds. The molecule has 102 valence electrons. The number of carbonyl (C=O) groups is 1. The molecule has 2 aliphatic rings. The first-order valence-corrected chi connectivity index (χ1v) is 6.68. The van der Waals surface area contributed by atoms with E-state index in [9.17, 15) is 4.79 Å². The topological polar surface area (TPSA) is 71.2 Å². The predicted octanol–water partition coefficient (Wildman–Crippen LogP) is -0.354. The Morgan fingerprint density at radius 1 is 1.11 bits per heavy atom. The van der Waals surface area contributed by atoms with Gasteiger partial charge in [0.05, 0.1) is 19.8 Å². The molecule has 2 aliphatic heterocycles. The first-order chi connectivity index (χ1) is 8.77. The molecule has 0 bridgehead atoms. The average molecular weight is 254 g/mol. The highest BCUT2D eigenvalue weighted by atomic mass is 16.5. The molecule has 0 aliphatic carbocycles. The van der Waals surface area contributed by atoms with Gasteiger partial charge in [-0.1, -0.05) is 0 Å². The van der Waals surface area contributed by atoms with Crippen LogP contribution in [0.1, 0.15) is 19.3 Å². The summed E-state index contributed by atoms with van der Waals surface area (Å²) in [6.07, 6.45) is 2.72. The summed E-state index contributed by atoms with van der Waals surface area (Å²) in [7, 11) is 0. The third-order valence-electron chi connectivity index (χ3n) is 3.39. The van der Waals surface area contributed by atoms with Gasteiger partial charge in [0.15, 0.2) is 5.96 Å². The number of hydrogen-bond acceptors (Lipinski definition) is 3. The Hall–Kier alpha value is -1.30. The van der Waals surface area contributed by atoms with Gasteiger partial charge in [0.25, 0.3) is 0 Å². The van der Waals surface area contributed by atoms with E-state index in [1.165, 1.54) is 0 Å². The molecule has 2 saturated heterocycles. The lowest BCUT2D eigenvalue weighted by atomic mass is 10.3. The molecule has 2 rings (SSSR count). The van der Waals surface area contributed by atoms with Crippen molar-refractivity contribution in [2.45, 2.75) is 19.3 Å². The number of amides is 1. The van der Waals surface area contributed by atoms with Gasteiger partial charge in [-0.3, -0.25) is 9.79 Å². The zero-order valence-electron chi connectivity index (χ0n) is 10.8. The Morgan fingerprint density at radius 3 is 2.44 bits per heavy atom. The maximum atomic E-state index is 11.8. The summed E-state index contributed by atoms with van der Waals surface area (Å²) >= 11 is 0. The number of morpholine rings is 1. The van der Waals surface area contributed by atoms with Crippen LogP contribution in [0, 0.1) is 0 Å². The Balaban J connectivity index is 1.70. The van der Waals surface area contributed by atoms with E-state index in [1.807, 2.05) is 9.80 Å². The van der Waals surface area contributed by atoms with Gasteiger partial charge in [0.2, 0.25) is 5.91 Å². The molecular formula is C12H22N4O2. The molecule has 0 radical (unpaired) electrons. The van der Waals surface area contributed by atoms with Gasteiger partial charge in [0, 0.05) is 32.6 Å². The number of rotatable bonds is 3. The molecule has 0 aromatic rings. The van der Waals surface area contributed by atoms with Crippen LogP contribution < -0.4 is 5.73 Å². The summed E-state index contributed by atoms with van der Waals surface area (Å²) in [6.45, 7) is 5.26. The highest BCUT2D eigenvalue weighted by Crippen LogP contribution is 2.08. The molecule has 0 atom stereocenters. The fourth-order valence-corrected chi connectivity index (χ4v) is 2.28. The van der Waals surface area contributed by atoms with E-state index in [4.69, 9.17) is 10.5 Å². The maximum Gasteiger partial charge on any atom is 0.224 e. The van der Waals surface area contributed by atoms with Crippen LogP contribution in [0.5, 0.6) is 0 Å². The van der Waals surface area contributed by atoms with Gasteiger partial charge < -0.3 is 20.3 Å². The molecule has 0 unspecified atom stereocenters. The number of aliphatic imine (C=N–C) groups is 1. The monoisotopic (exact) mass is 254 g/mol. The van der Waals surface area contributed by atoms with E-state index in [-0.39, 0.29) is 5.91 Å². The smallest absolute Gasteiger partial charge is 0.224 e. The van der Waals surface area contributed by atoms with E-state index in [2.05, 4.69) is 4.99 Å². The minimum Gasteiger partial charge on any atom is -0.378 e. The first-order valence-electron chi connectivity index (χ1n) is 6.68. The molecule has 18 heavy (non-hydrogen) atoms. The standard InChI is InChI=1S/C12H22N4O2/c13-12(16-7-9-18-10-8-16)14-4-3-11(17)15-5-1-2-6-15/h1-10H2,(H2,13,14). The second-order valence-corrected chi connectivity index (χ2v) is 4.68. The summed E-state index contributed by atoms with van der Waals surface area (Å²) in [5, 5.41) is 0. The van der Waals surface area contributed by atoms with Crippen molar-refractivity contribution >= 4 is 11.9 Å². The van der Waals surface area contributed by atoms with Crippen LogP contribution in [0.15, 0.2) is 4.99 Å². The van der Waals surface area contributed by atoms with E-state index in [1.54, 1.807) is 0 Å². The number of nitrogens with two attached hydrogens (primary N) is 1. The van der Waals surface area contributed by atoms with Gasteiger partial charge >= 0.3 is 0 Å². The van der Waals surface area contributed by atoms with Crippen LogP contribution in [0.3, 0.4) is 0 Å². The average Bonchev–Trinajstić information content (AvgIpc) is 2.93. The zero-order chi connectivity index (χ0) is 12.8. The first kappa shape index (κ1) is 13.1. The van der Waals surface area contributed by atoms with Crippen LogP contribution in [-0.4, -0.2) is 67.6 Å². The van der Waals surface area contributed by atoms with Gasteiger partial charge in [-0.2, -0.15) is 0 Å². The van der Waals surface area contributed by atoms with E-state index in [0.717, 1.165) is 39.0 Å². The molecule has 2 heterocycles. The van der Waals surface area contributed by atoms with Crippen LogP contribution in [0.25, 0.3) is 0 Å². The van der Waals surface area contributed by atoms with Crippen molar-refractivity contribution in [1.29, 1.82) is 0 Å². The predicted molar refractivity (Wildman–Crippen MR) is 69.3 cm³/mol. The van der Waals surface area contributed by atoms with E-state index >= 15 is 0 Å². The second-order valence-electron chi connectivity index (χ2n) is 4.68. The third kappa shape index (κ3) is 3.60. The molecule has 0 spiro atoms. The minimum absolute atomic E-state index is 0.200. The third-order valence-corrected chi connectivity index (χ3v) is 3.39. The van der Waals surface area contributed by atoms with E-state index in [0.29, 0.717) is 32.1 Å². The van der Waals surface area contributed by atoms with Gasteiger partial charge in [-0.15, -0.1) is 0 Å². The maximum absolute atomic E-state index is 11.8. The van der Waals surface area contributed by atoms with Crippen molar-refractivity contribution in [2.75, 3.05) is 45.9 Å². The van der Waals surface area contributed by atoms with E-state index < -0.39 is 0 Å². The molecule has 2 N–H and O–H groups in total. The number of guanidine groups is 1. The quantitative estimate of drug-likeness (QED) is 0.552. The summed E-state index contributed by atoms with van der Waals surface area (Å²) in [4.78, 5) is 20.0. The summed E-state index contributed by atoms with van der Waals surface area (Å²) < 4.78 is 5.25. The fourth-order valence-electron chi connectivity index (χ4n) is 2.28. The van der Waals surface area contributed by atoms with Gasteiger partial charge in [-0.05, 0) is 12.8 Å². The number of carbonyl (C=O) groups excluding carboxylic acids is 1. The Morgan fingerprint density at radius 2 is 1.78 bits per heavy atom. The van der Waals surface area contributed by atoms with Crippen LogP contribution in [0.2, 0.25) is 0 Å². The van der Waals surface area contributed by atoms with Crippen molar-refractivity contribution in [1.82, 2.24) is 9.80 Å². The van der Waals surface area contributed by atoms with Crippen LogP contribution >= 0.6 is 0 Å². The van der Waals surface area contributed by atoms with Crippen molar-refractivity contribution in [3.8, 4) is 0 Å². The largest absolute Gasteiger partial charge is 0.378 e. The number of nitrogens with zero attached hydrogens (tertiary/aromatic N) is 3. The highest BCUT2D eigenvalue weighted by molar-refractivity contribution is 5.79. The zero-order valence-corrected chi connectivity index (χ0v) is 10.8. The highest BCUT2D eigenvalue weighted by Gasteiger charge is 2.17. The lowest BCUT2D eigenvalue weighted by Gasteiger charge is -2.27. The Bertz CT molecular complexity index is 307. The van der Waals surface area contributed by atoms with Crippen LogP contribution in [-0.2, 0) is 9.53 Å². The van der Waals surface area contributed by atoms with Gasteiger partial charge in [0.1, 0.15) is 0 Å². The summed E-state index contributed by atoms with van der Waals surface area (Å²) in [5.41, 5.74) is 5.88. The van der Waals surface area contributed by atoms with Gasteiger partial charge in [-0.25, -0.2) is 0 Å². The number of likely N-dealkylation sites (tertiary alicyclic amines) is 1. The minimum atomic E-state index is 0.200. The molecule has 0 aromatic carbocycles. The lowest BCUT2D eigenvalue weighted by Crippen LogP contribution is -2.45. The molecular weight excluding hydrogens is 232 g/mol. The summed E-state index contributed by atoms with van der Waals surface area (Å²) in [5.74, 6) is 0.735. The molecule has 2 fully saturated rings. The van der Waals surface area contributed by atoms with Crippen molar-refractivity contribution in [3.05, 3.63) is 0 Å². The number of hydrogen-bond donors (Lipinski definition) is 1. The lowest BCUT2D eigenvalue weighted by molar-refractivity contribution is -0.129.